The smallest absolute Gasteiger partial charge is 0.279 e. The van der Waals surface area contributed by atoms with Crippen molar-refractivity contribution in [3.8, 4) is 0 Å². The standard InChI is InChI=1S/C8H21N3O2S/c1-4-5-6-11(3)14(12,13)10-8(2)7-9/h8,10H,4-7,9H2,1-3H3. The summed E-state index contributed by atoms with van der Waals surface area (Å²) < 4.78 is 26.9. The average Bonchev–Trinajstić information content (AvgIpc) is 2.13. The summed E-state index contributed by atoms with van der Waals surface area (Å²) in [7, 11) is -1.77. The Kier molecular flexibility index (Phi) is 6.26. The normalized spacial score (nSPS) is 14.6. The fraction of sp³-hybridized carbons (Fsp3) is 1.00. The predicted octanol–water partition coefficient (Wildman–Crippen LogP) is -0.100. The lowest BCUT2D eigenvalue weighted by Crippen LogP contribution is -2.45. The van der Waals surface area contributed by atoms with Gasteiger partial charge in [0.1, 0.15) is 0 Å². The molecule has 1 unspecified atom stereocenters. The third-order valence-electron chi connectivity index (χ3n) is 1.94. The van der Waals surface area contributed by atoms with E-state index in [1.54, 1.807) is 14.0 Å². The SMILES string of the molecule is CCCCN(C)S(=O)(=O)NC(C)CN. The Hall–Kier alpha value is -0.170. The van der Waals surface area contributed by atoms with Crippen LogP contribution in [-0.4, -0.2) is 38.9 Å². The lowest BCUT2D eigenvalue weighted by atomic mass is 10.3. The van der Waals surface area contributed by atoms with Gasteiger partial charge in [-0.25, -0.2) is 0 Å². The Morgan fingerprint density at radius 2 is 2.07 bits per heavy atom. The molecule has 3 N–H and O–H groups in total. The van der Waals surface area contributed by atoms with Crippen LogP contribution in [0.2, 0.25) is 0 Å². The van der Waals surface area contributed by atoms with E-state index in [0.717, 1.165) is 12.8 Å². The van der Waals surface area contributed by atoms with Crippen LogP contribution in [0.3, 0.4) is 0 Å². The van der Waals surface area contributed by atoms with Gasteiger partial charge in [-0.3, -0.25) is 0 Å². The molecule has 0 saturated carbocycles. The quantitative estimate of drug-likeness (QED) is 0.633. The van der Waals surface area contributed by atoms with Gasteiger partial charge in [-0.15, -0.1) is 0 Å². The van der Waals surface area contributed by atoms with Crippen LogP contribution in [0.25, 0.3) is 0 Å². The maximum Gasteiger partial charge on any atom is 0.279 e. The second kappa shape index (κ2) is 6.34. The number of unbranched alkanes of at least 4 members (excludes halogenated alkanes) is 1. The van der Waals surface area contributed by atoms with E-state index in [9.17, 15) is 8.42 Å². The van der Waals surface area contributed by atoms with Gasteiger partial charge in [-0.05, 0) is 13.3 Å². The first-order valence-corrected chi connectivity index (χ1v) is 6.31. The molecule has 0 aliphatic heterocycles. The van der Waals surface area contributed by atoms with Crippen molar-refractivity contribution < 1.29 is 8.42 Å². The van der Waals surface area contributed by atoms with E-state index in [1.807, 2.05) is 6.92 Å². The van der Waals surface area contributed by atoms with Crippen LogP contribution >= 0.6 is 0 Å². The fourth-order valence-electron chi connectivity index (χ4n) is 0.893. The number of hydrogen-bond acceptors (Lipinski definition) is 3. The van der Waals surface area contributed by atoms with E-state index in [0.29, 0.717) is 13.1 Å². The van der Waals surface area contributed by atoms with Crippen molar-refractivity contribution in [2.75, 3.05) is 20.1 Å². The number of nitrogens with two attached hydrogens (primary N) is 1. The van der Waals surface area contributed by atoms with Gasteiger partial charge in [0.2, 0.25) is 0 Å². The Morgan fingerprint density at radius 1 is 1.50 bits per heavy atom. The zero-order chi connectivity index (χ0) is 11.2. The lowest BCUT2D eigenvalue weighted by molar-refractivity contribution is 0.441. The van der Waals surface area contributed by atoms with Gasteiger partial charge in [-0.2, -0.15) is 17.4 Å². The maximum atomic E-state index is 11.6. The zero-order valence-electron chi connectivity index (χ0n) is 9.16. The average molecular weight is 223 g/mol. The van der Waals surface area contributed by atoms with Crippen molar-refractivity contribution in [3.63, 3.8) is 0 Å². The van der Waals surface area contributed by atoms with Gasteiger partial charge in [0.05, 0.1) is 0 Å². The van der Waals surface area contributed by atoms with Crippen molar-refractivity contribution >= 4 is 10.2 Å². The van der Waals surface area contributed by atoms with E-state index in [2.05, 4.69) is 4.72 Å². The summed E-state index contributed by atoms with van der Waals surface area (Å²) in [6.07, 6.45) is 1.85. The molecule has 5 nitrogen and oxygen atoms in total. The molecule has 0 spiro atoms. The Morgan fingerprint density at radius 3 is 2.50 bits per heavy atom. The van der Waals surface area contributed by atoms with Gasteiger partial charge in [0.25, 0.3) is 10.2 Å². The van der Waals surface area contributed by atoms with Crippen LogP contribution in [0, 0.1) is 0 Å². The third kappa shape index (κ3) is 4.90. The Bertz CT molecular complexity index is 241. The summed E-state index contributed by atoms with van der Waals surface area (Å²) in [5.41, 5.74) is 5.33. The lowest BCUT2D eigenvalue weighted by Gasteiger charge is -2.19. The first kappa shape index (κ1) is 13.8. The van der Waals surface area contributed by atoms with Gasteiger partial charge >= 0.3 is 0 Å². The summed E-state index contributed by atoms with van der Waals surface area (Å²) >= 11 is 0. The summed E-state index contributed by atoms with van der Waals surface area (Å²) in [6.45, 7) is 4.62. The molecule has 0 aliphatic carbocycles. The summed E-state index contributed by atoms with van der Waals surface area (Å²) in [5, 5.41) is 0. The van der Waals surface area contributed by atoms with Crippen molar-refractivity contribution in [1.29, 1.82) is 0 Å². The second-order valence-electron chi connectivity index (χ2n) is 3.43. The molecule has 0 saturated heterocycles. The molecule has 0 aromatic carbocycles. The first-order chi connectivity index (χ1) is 6.44. The van der Waals surface area contributed by atoms with E-state index in [4.69, 9.17) is 5.73 Å². The first-order valence-electron chi connectivity index (χ1n) is 4.87. The van der Waals surface area contributed by atoms with E-state index < -0.39 is 10.2 Å². The van der Waals surface area contributed by atoms with Crippen LogP contribution in [0.4, 0.5) is 0 Å². The van der Waals surface area contributed by atoms with Crippen molar-refractivity contribution in [1.82, 2.24) is 9.03 Å². The highest BCUT2D eigenvalue weighted by molar-refractivity contribution is 7.87. The van der Waals surface area contributed by atoms with Crippen LogP contribution in [-0.2, 0) is 10.2 Å². The maximum absolute atomic E-state index is 11.6. The fourth-order valence-corrected chi connectivity index (χ4v) is 2.05. The van der Waals surface area contributed by atoms with Crippen LogP contribution in [0.5, 0.6) is 0 Å². The van der Waals surface area contributed by atoms with E-state index in [1.165, 1.54) is 4.31 Å². The monoisotopic (exact) mass is 223 g/mol. The highest BCUT2D eigenvalue weighted by Crippen LogP contribution is 1.98. The third-order valence-corrected chi connectivity index (χ3v) is 3.64. The molecule has 0 aromatic heterocycles. The van der Waals surface area contributed by atoms with E-state index >= 15 is 0 Å². The van der Waals surface area contributed by atoms with Crippen molar-refractivity contribution in [2.24, 2.45) is 5.73 Å². The largest absolute Gasteiger partial charge is 0.329 e. The van der Waals surface area contributed by atoms with Gasteiger partial charge in [-0.1, -0.05) is 13.3 Å². The summed E-state index contributed by atoms with van der Waals surface area (Å²) in [6, 6.07) is -0.218. The van der Waals surface area contributed by atoms with Crippen LogP contribution in [0.15, 0.2) is 0 Å². The molecule has 86 valence electrons. The number of nitrogens with one attached hydrogen (secondary N) is 1. The molecule has 0 heterocycles. The molecule has 0 rings (SSSR count). The topological polar surface area (TPSA) is 75.4 Å². The number of nitrogens with zero attached hydrogens (tertiary/aromatic N) is 1. The minimum Gasteiger partial charge on any atom is -0.329 e. The van der Waals surface area contributed by atoms with Crippen LogP contribution < -0.4 is 10.5 Å². The number of hydrogen-bond donors (Lipinski definition) is 2. The van der Waals surface area contributed by atoms with Crippen molar-refractivity contribution in [3.05, 3.63) is 0 Å². The summed E-state index contributed by atoms with van der Waals surface area (Å²) in [5.74, 6) is 0. The molecule has 0 bridgehead atoms. The zero-order valence-corrected chi connectivity index (χ0v) is 9.97. The van der Waals surface area contributed by atoms with Crippen molar-refractivity contribution in [2.45, 2.75) is 32.7 Å². The highest BCUT2D eigenvalue weighted by atomic mass is 32.2. The molecule has 0 aromatic rings. The van der Waals surface area contributed by atoms with Gasteiger partial charge in [0, 0.05) is 26.2 Å². The molecular formula is C8H21N3O2S. The molecule has 0 amide bonds. The highest BCUT2D eigenvalue weighted by Gasteiger charge is 2.18. The van der Waals surface area contributed by atoms with Gasteiger partial charge in [0.15, 0.2) is 0 Å². The molecule has 1 atom stereocenters. The molecule has 0 radical (unpaired) electrons. The predicted molar refractivity (Wildman–Crippen MR) is 58.1 cm³/mol. The molecule has 0 fully saturated rings. The van der Waals surface area contributed by atoms with E-state index in [-0.39, 0.29) is 6.04 Å². The minimum atomic E-state index is -3.34. The minimum absolute atomic E-state index is 0.218. The second-order valence-corrected chi connectivity index (χ2v) is 5.24. The van der Waals surface area contributed by atoms with Crippen LogP contribution in [0.1, 0.15) is 26.7 Å². The molecule has 14 heavy (non-hydrogen) atoms. The molecule has 0 aliphatic rings. The summed E-state index contributed by atoms with van der Waals surface area (Å²) in [4.78, 5) is 0. The Labute approximate surface area is 86.8 Å². The number of rotatable bonds is 7. The van der Waals surface area contributed by atoms with Gasteiger partial charge < -0.3 is 5.73 Å². The molecule has 6 heteroatoms. The Balaban J connectivity index is 4.17. The molecular weight excluding hydrogens is 202 g/mol.